The highest BCUT2D eigenvalue weighted by atomic mass is 16.4. The van der Waals surface area contributed by atoms with E-state index in [-0.39, 0.29) is 13.0 Å². The molecule has 0 unspecified atom stereocenters. The van der Waals surface area contributed by atoms with Crippen LogP contribution in [0.2, 0.25) is 0 Å². The maximum absolute atomic E-state index is 11.5. The van der Waals surface area contributed by atoms with Crippen LogP contribution in [-0.4, -0.2) is 34.7 Å². The van der Waals surface area contributed by atoms with Crippen molar-refractivity contribution < 1.29 is 19.8 Å². The minimum atomic E-state index is -1.10. The fourth-order valence-electron chi connectivity index (χ4n) is 1.53. The first-order valence-electron chi connectivity index (χ1n) is 5.49. The zero-order chi connectivity index (χ0) is 12.8. The smallest absolute Gasteiger partial charge is 0.305 e. The molecule has 0 saturated heterocycles. The lowest BCUT2D eigenvalue weighted by Crippen LogP contribution is -2.44. The second-order valence-electron chi connectivity index (χ2n) is 4.58. The van der Waals surface area contributed by atoms with Crippen LogP contribution in [0.3, 0.4) is 0 Å². The molecular weight excluding hydrogens is 210 g/mol. The molecule has 5 heteroatoms. The average Bonchev–Trinajstić information content (AvgIpc) is 2.15. The van der Waals surface area contributed by atoms with E-state index >= 15 is 0 Å². The van der Waals surface area contributed by atoms with E-state index in [1.54, 1.807) is 0 Å². The molecule has 0 rings (SSSR count). The quantitative estimate of drug-likeness (QED) is 0.604. The van der Waals surface area contributed by atoms with E-state index in [4.69, 9.17) is 5.11 Å². The SMILES string of the molecule is CCCC(C)(C)[C@@H](O)C(=O)NCCC(=O)O. The van der Waals surface area contributed by atoms with Gasteiger partial charge < -0.3 is 15.5 Å². The van der Waals surface area contributed by atoms with E-state index in [0.29, 0.717) is 0 Å². The average molecular weight is 231 g/mol. The van der Waals surface area contributed by atoms with Gasteiger partial charge in [-0.2, -0.15) is 0 Å². The summed E-state index contributed by atoms with van der Waals surface area (Å²) in [7, 11) is 0. The third-order valence-electron chi connectivity index (χ3n) is 2.52. The number of amides is 1. The van der Waals surface area contributed by atoms with Crippen LogP contribution in [0.15, 0.2) is 0 Å². The Labute approximate surface area is 95.9 Å². The molecule has 0 radical (unpaired) electrons. The van der Waals surface area contributed by atoms with Crippen molar-refractivity contribution in [3.8, 4) is 0 Å². The number of aliphatic hydroxyl groups excluding tert-OH is 1. The summed E-state index contributed by atoms with van der Waals surface area (Å²) in [5, 5.41) is 20.6. The molecule has 0 aliphatic carbocycles. The molecule has 0 spiro atoms. The summed E-state index contributed by atoms with van der Waals surface area (Å²) in [4.78, 5) is 21.7. The summed E-state index contributed by atoms with van der Waals surface area (Å²) in [6.45, 7) is 5.67. The number of carbonyl (C=O) groups excluding carboxylic acids is 1. The number of hydrogen-bond acceptors (Lipinski definition) is 3. The molecule has 0 bridgehead atoms. The van der Waals surface area contributed by atoms with Crippen molar-refractivity contribution in [2.24, 2.45) is 5.41 Å². The molecule has 0 aliphatic rings. The van der Waals surface area contributed by atoms with Gasteiger partial charge in [0.15, 0.2) is 0 Å². The Bertz CT molecular complexity index is 250. The highest BCUT2D eigenvalue weighted by molar-refractivity contribution is 5.81. The Morgan fingerprint density at radius 3 is 2.38 bits per heavy atom. The maximum atomic E-state index is 11.5. The number of carbonyl (C=O) groups is 2. The van der Waals surface area contributed by atoms with E-state index in [0.717, 1.165) is 12.8 Å². The summed E-state index contributed by atoms with van der Waals surface area (Å²) in [6, 6.07) is 0. The van der Waals surface area contributed by atoms with Crippen molar-refractivity contribution in [3.63, 3.8) is 0 Å². The van der Waals surface area contributed by atoms with Crippen LogP contribution in [0.5, 0.6) is 0 Å². The zero-order valence-corrected chi connectivity index (χ0v) is 10.1. The Hall–Kier alpha value is -1.10. The second kappa shape index (κ2) is 6.48. The Kier molecular flexibility index (Phi) is 6.03. The van der Waals surface area contributed by atoms with Crippen LogP contribution in [0.25, 0.3) is 0 Å². The Balaban J connectivity index is 4.12. The molecule has 5 nitrogen and oxygen atoms in total. The van der Waals surface area contributed by atoms with E-state index in [9.17, 15) is 14.7 Å². The number of carboxylic acid groups (broad SMARTS) is 1. The van der Waals surface area contributed by atoms with Gasteiger partial charge in [-0.25, -0.2) is 0 Å². The van der Waals surface area contributed by atoms with Gasteiger partial charge in [-0.1, -0.05) is 27.2 Å². The standard InChI is InChI=1S/C11H21NO4/c1-4-6-11(2,3)9(15)10(16)12-7-5-8(13)14/h9,15H,4-7H2,1-3H3,(H,12,16)(H,13,14)/t9-/m0/s1. The molecule has 0 heterocycles. The zero-order valence-electron chi connectivity index (χ0n) is 10.1. The minimum Gasteiger partial charge on any atom is -0.481 e. The third-order valence-corrected chi connectivity index (χ3v) is 2.52. The van der Waals surface area contributed by atoms with Crippen LogP contribution in [0, 0.1) is 5.41 Å². The summed E-state index contributed by atoms with van der Waals surface area (Å²) in [6.07, 6.45) is 0.390. The molecule has 16 heavy (non-hydrogen) atoms. The normalized spacial score (nSPS) is 13.2. The molecule has 0 aromatic rings. The molecule has 0 saturated carbocycles. The molecule has 0 aliphatic heterocycles. The van der Waals surface area contributed by atoms with E-state index in [1.165, 1.54) is 0 Å². The largest absolute Gasteiger partial charge is 0.481 e. The topological polar surface area (TPSA) is 86.6 Å². The van der Waals surface area contributed by atoms with Crippen LogP contribution in [-0.2, 0) is 9.59 Å². The maximum Gasteiger partial charge on any atom is 0.305 e. The van der Waals surface area contributed by atoms with Crippen molar-refractivity contribution in [1.29, 1.82) is 0 Å². The predicted molar refractivity (Wildman–Crippen MR) is 60.0 cm³/mol. The number of aliphatic hydroxyl groups is 1. The van der Waals surface area contributed by atoms with Gasteiger partial charge in [0.1, 0.15) is 6.10 Å². The summed E-state index contributed by atoms with van der Waals surface area (Å²) in [5.74, 6) is -1.47. The van der Waals surface area contributed by atoms with Crippen LogP contribution in [0.4, 0.5) is 0 Å². The molecule has 94 valence electrons. The van der Waals surface area contributed by atoms with Crippen LogP contribution in [0.1, 0.15) is 40.0 Å². The lowest BCUT2D eigenvalue weighted by atomic mass is 9.82. The molecule has 1 atom stereocenters. The van der Waals surface area contributed by atoms with Crippen molar-refractivity contribution in [2.75, 3.05) is 6.54 Å². The fraction of sp³-hybridized carbons (Fsp3) is 0.818. The molecule has 3 N–H and O–H groups in total. The molecule has 0 fully saturated rings. The molecule has 0 aromatic heterocycles. The molecule has 1 amide bonds. The Morgan fingerprint density at radius 2 is 1.94 bits per heavy atom. The van der Waals surface area contributed by atoms with Gasteiger partial charge >= 0.3 is 5.97 Å². The van der Waals surface area contributed by atoms with Crippen molar-refractivity contribution >= 4 is 11.9 Å². The van der Waals surface area contributed by atoms with Gasteiger partial charge in [-0.15, -0.1) is 0 Å². The van der Waals surface area contributed by atoms with Crippen LogP contribution >= 0.6 is 0 Å². The monoisotopic (exact) mass is 231 g/mol. The third kappa shape index (κ3) is 5.11. The van der Waals surface area contributed by atoms with E-state index in [1.807, 2.05) is 20.8 Å². The van der Waals surface area contributed by atoms with E-state index in [2.05, 4.69) is 5.32 Å². The predicted octanol–water partition coefficient (Wildman–Crippen LogP) is 0.764. The number of rotatable bonds is 7. The van der Waals surface area contributed by atoms with Crippen molar-refractivity contribution in [3.05, 3.63) is 0 Å². The van der Waals surface area contributed by atoms with Gasteiger partial charge in [0.25, 0.3) is 0 Å². The minimum absolute atomic E-state index is 0.0490. The number of carboxylic acids is 1. The first-order valence-corrected chi connectivity index (χ1v) is 5.49. The van der Waals surface area contributed by atoms with Crippen molar-refractivity contribution in [2.45, 2.75) is 46.1 Å². The first-order chi connectivity index (χ1) is 7.31. The lowest BCUT2D eigenvalue weighted by molar-refractivity contribution is -0.138. The summed E-state index contributed by atoms with van der Waals surface area (Å²) < 4.78 is 0. The first kappa shape index (κ1) is 14.9. The summed E-state index contributed by atoms with van der Waals surface area (Å²) >= 11 is 0. The Morgan fingerprint density at radius 1 is 1.38 bits per heavy atom. The van der Waals surface area contributed by atoms with Gasteiger partial charge in [-0.3, -0.25) is 9.59 Å². The molecular formula is C11H21NO4. The highest BCUT2D eigenvalue weighted by Crippen LogP contribution is 2.26. The number of nitrogens with one attached hydrogen (secondary N) is 1. The van der Waals surface area contributed by atoms with E-state index < -0.39 is 23.4 Å². The summed E-state index contributed by atoms with van der Waals surface area (Å²) in [5.41, 5.74) is -0.484. The van der Waals surface area contributed by atoms with Gasteiger partial charge in [0.05, 0.1) is 6.42 Å². The van der Waals surface area contributed by atoms with Gasteiger partial charge in [0, 0.05) is 6.54 Å². The second-order valence-corrected chi connectivity index (χ2v) is 4.58. The molecule has 0 aromatic carbocycles. The highest BCUT2D eigenvalue weighted by Gasteiger charge is 2.32. The lowest BCUT2D eigenvalue weighted by Gasteiger charge is -2.29. The van der Waals surface area contributed by atoms with Crippen LogP contribution < -0.4 is 5.32 Å². The fourth-order valence-corrected chi connectivity index (χ4v) is 1.53. The van der Waals surface area contributed by atoms with Gasteiger partial charge in [0.2, 0.25) is 5.91 Å². The number of aliphatic carboxylic acids is 1. The number of hydrogen-bond donors (Lipinski definition) is 3. The van der Waals surface area contributed by atoms with Crippen molar-refractivity contribution in [1.82, 2.24) is 5.32 Å². The van der Waals surface area contributed by atoms with Gasteiger partial charge in [-0.05, 0) is 11.8 Å².